The number of ether oxygens (including phenoxy) is 2. The van der Waals surface area contributed by atoms with E-state index in [0.29, 0.717) is 24.3 Å². The summed E-state index contributed by atoms with van der Waals surface area (Å²) < 4.78 is 12.6. The van der Waals surface area contributed by atoms with E-state index in [-0.39, 0.29) is 16.9 Å². The van der Waals surface area contributed by atoms with Crippen LogP contribution in [-0.2, 0) is 9.47 Å². The Hall–Kier alpha value is 0.460. The van der Waals surface area contributed by atoms with E-state index in [0.717, 1.165) is 32.3 Å². The molecule has 28 heavy (non-hydrogen) atoms. The fourth-order valence-corrected chi connectivity index (χ4v) is 6.66. The molecule has 0 aromatic heterocycles. The first-order valence-electron chi connectivity index (χ1n) is 12.0. The Balaban J connectivity index is 1.19. The van der Waals surface area contributed by atoms with Crippen molar-refractivity contribution in [2.24, 2.45) is 0 Å². The van der Waals surface area contributed by atoms with E-state index in [4.69, 9.17) is 32.7 Å². The summed E-state index contributed by atoms with van der Waals surface area (Å²) in [4.78, 5) is 2.88. The van der Waals surface area contributed by atoms with Crippen molar-refractivity contribution in [1.29, 1.82) is 0 Å². The molecule has 1 aliphatic heterocycles. The highest BCUT2D eigenvalue weighted by Crippen LogP contribution is 2.39. The average molecular weight is 432 g/mol. The predicted molar refractivity (Wildman–Crippen MR) is 117 cm³/mol. The van der Waals surface area contributed by atoms with Crippen molar-refractivity contribution in [2.45, 2.75) is 131 Å². The molecule has 0 amide bonds. The van der Waals surface area contributed by atoms with E-state index in [1.165, 1.54) is 70.8 Å². The van der Waals surface area contributed by atoms with Gasteiger partial charge >= 0.3 is 0 Å². The Morgan fingerprint density at radius 2 is 1.46 bits per heavy atom. The highest BCUT2D eigenvalue weighted by atomic mass is 35.5. The summed E-state index contributed by atoms with van der Waals surface area (Å²) in [5, 5.41) is 0.392. The normalized spacial score (nSPS) is 42.0. The van der Waals surface area contributed by atoms with Crippen LogP contribution in [0.4, 0.5) is 0 Å². The number of halogens is 2. The molecule has 4 rings (SSSR count). The molecule has 0 radical (unpaired) electrons. The molecule has 3 saturated carbocycles. The second kappa shape index (κ2) is 10.7. The van der Waals surface area contributed by atoms with Crippen LogP contribution in [0.15, 0.2) is 0 Å². The van der Waals surface area contributed by atoms with Gasteiger partial charge in [0.15, 0.2) is 0 Å². The topological polar surface area (TPSA) is 21.7 Å². The lowest BCUT2D eigenvalue weighted by Crippen LogP contribution is -2.62. The molecule has 4 fully saturated rings. The maximum Gasteiger partial charge on any atom is 0.0752 e. The van der Waals surface area contributed by atoms with E-state index in [1.807, 2.05) is 0 Å². The van der Waals surface area contributed by atoms with Crippen LogP contribution in [0, 0.1) is 0 Å². The molecule has 3 aliphatic carbocycles. The summed E-state index contributed by atoms with van der Waals surface area (Å²) >= 11 is 12.7. The Kier molecular flexibility index (Phi) is 8.26. The fraction of sp³-hybridized carbons (Fsp3) is 1.00. The Morgan fingerprint density at radius 3 is 2.18 bits per heavy atom. The fourth-order valence-electron chi connectivity index (χ4n) is 6.06. The summed E-state index contributed by atoms with van der Waals surface area (Å²) in [6, 6.07) is 1.37. The SMILES string of the molecule is ClC1CCC(Cl)C(OCCCCCN2C3CCCCC3OC3CCCCC32)C1. The van der Waals surface area contributed by atoms with Crippen LogP contribution < -0.4 is 0 Å². The number of morpholine rings is 1. The largest absolute Gasteiger partial charge is 0.377 e. The highest BCUT2D eigenvalue weighted by Gasteiger charge is 2.44. The monoisotopic (exact) mass is 431 g/mol. The van der Waals surface area contributed by atoms with Crippen LogP contribution in [0.3, 0.4) is 0 Å². The molecule has 5 heteroatoms. The number of unbranched alkanes of at least 4 members (excludes halogenated alkanes) is 2. The predicted octanol–water partition coefficient (Wildman–Crippen LogP) is 5.90. The second-order valence-corrected chi connectivity index (χ2v) is 10.7. The zero-order valence-electron chi connectivity index (χ0n) is 17.4. The summed E-state index contributed by atoms with van der Waals surface area (Å²) in [5.74, 6) is 0. The lowest BCUT2D eigenvalue weighted by atomic mass is 9.82. The van der Waals surface area contributed by atoms with Crippen LogP contribution in [0.1, 0.15) is 89.9 Å². The minimum absolute atomic E-state index is 0.148. The summed E-state index contributed by atoms with van der Waals surface area (Å²) in [5.41, 5.74) is 0. The van der Waals surface area contributed by atoms with Gasteiger partial charge in [-0.2, -0.15) is 0 Å². The molecule has 1 heterocycles. The van der Waals surface area contributed by atoms with Crippen LogP contribution >= 0.6 is 23.2 Å². The zero-order chi connectivity index (χ0) is 19.3. The molecule has 0 bridgehead atoms. The van der Waals surface area contributed by atoms with Gasteiger partial charge in [-0.15, -0.1) is 23.2 Å². The molecular weight excluding hydrogens is 393 g/mol. The van der Waals surface area contributed by atoms with Gasteiger partial charge in [0, 0.05) is 24.1 Å². The van der Waals surface area contributed by atoms with Gasteiger partial charge in [-0.05, 0) is 70.8 Å². The summed E-state index contributed by atoms with van der Waals surface area (Å²) in [6.45, 7) is 2.08. The van der Waals surface area contributed by atoms with E-state index < -0.39 is 0 Å². The van der Waals surface area contributed by atoms with Crippen molar-refractivity contribution in [3.63, 3.8) is 0 Å². The first kappa shape index (κ1) is 21.7. The minimum Gasteiger partial charge on any atom is -0.377 e. The van der Waals surface area contributed by atoms with Crippen LogP contribution in [0.25, 0.3) is 0 Å². The minimum atomic E-state index is 0.148. The molecule has 1 saturated heterocycles. The molecule has 0 aromatic carbocycles. The smallest absolute Gasteiger partial charge is 0.0752 e. The molecule has 0 aromatic rings. The molecule has 7 unspecified atom stereocenters. The maximum atomic E-state index is 6.57. The van der Waals surface area contributed by atoms with Crippen LogP contribution in [0.5, 0.6) is 0 Å². The number of hydrogen-bond acceptors (Lipinski definition) is 3. The Morgan fingerprint density at radius 1 is 0.786 bits per heavy atom. The Bertz CT molecular complexity index is 458. The van der Waals surface area contributed by atoms with Gasteiger partial charge < -0.3 is 9.47 Å². The number of alkyl halides is 2. The molecule has 4 aliphatic rings. The van der Waals surface area contributed by atoms with Crippen molar-refractivity contribution in [3.8, 4) is 0 Å². The van der Waals surface area contributed by atoms with Crippen molar-refractivity contribution in [3.05, 3.63) is 0 Å². The highest BCUT2D eigenvalue weighted by molar-refractivity contribution is 6.22. The van der Waals surface area contributed by atoms with Gasteiger partial charge in [-0.3, -0.25) is 4.90 Å². The number of rotatable bonds is 7. The first-order valence-corrected chi connectivity index (χ1v) is 12.9. The number of nitrogens with zero attached hydrogens (tertiary/aromatic N) is 1. The lowest BCUT2D eigenvalue weighted by molar-refractivity contribution is -0.175. The van der Waals surface area contributed by atoms with E-state index in [2.05, 4.69) is 4.90 Å². The molecule has 0 spiro atoms. The van der Waals surface area contributed by atoms with Gasteiger partial charge in [0.2, 0.25) is 0 Å². The quantitative estimate of drug-likeness (QED) is 0.370. The molecule has 7 atom stereocenters. The zero-order valence-corrected chi connectivity index (χ0v) is 18.9. The summed E-state index contributed by atoms with van der Waals surface area (Å²) in [6.07, 6.45) is 18.5. The summed E-state index contributed by atoms with van der Waals surface area (Å²) in [7, 11) is 0. The Labute approximate surface area is 181 Å². The van der Waals surface area contributed by atoms with E-state index >= 15 is 0 Å². The molecular formula is C23H39Cl2NO2. The number of hydrogen-bond donors (Lipinski definition) is 0. The standard InChI is InChI=1S/C23H39Cl2NO2/c24-17-12-13-18(25)23(16-17)27-15-7-1-6-14-26-19-8-2-4-10-21(19)28-22-11-5-3-9-20(22)26/h17-23H,1-16H2. The maximum absolute atomic E-state index is 6.57. The lowest BCUT2D eigenvalue weighted by Gasteiger charge is -2.53. The van der Waals surface area contributed by atoms with Crippen molar-refractivity contribution < 1.29 is 9.47 Å². The van der Waals surface area contributed by atoms with Gasteiger partial charge in [-0.25, -0.2) is 0 Å². The first-order chi connectivity index (χ1) is 13.7. The molecule has 3 nitrogen and oxygen atoms in total. The third kappa shape index (κ3) is 5.38. The van der Waals surface area contributed by atoms with Gasteiger partial charge in [0.25, 0.3) is 0 Å². The third-order valence-corrected chi connectivity index (χ3v) is 8.47. The van der Waals surface area contributed by atoms with Crippen LogP contribution in [0.2, 0.25) is 0 Å². The van der Waals surface area contributed by atoms with Crippen molar-refractivity contribution in [2.75, 3.05) is 13.2 Å². The molecule has 162 valence electrons. The third-order valence-electron chi connectivity index (χ3n) is 7.58. The van der Waals surface area contributed by atoms with Crippen molar-refractivity contribution >= 4 is 23.2 Å². The van der Waals surface area contributed by atoms with Gasteiger partial charge in [0.1, 0.15) is 0 Å². The molecule has 0 N–H and O–H groups in total. The van der Waals surface area contributed by atoms with Gasteiger partial charge in [-0.1, -0.05) is 25.7 Å². The van der Waals surface area contributed by atoms with Crippen molar-refractivity contribution in [1.82, 2.24) is 4.90 Å². The van der Waals surface area contributed by atoms with E-state index in [9.17, 15) is 0 Å². The average Bonchev–Trinajstić information content (AvgIpc) is 2.72. The number of fused-ring (bicyclic) bond motifs is 2. The van der Waals surface area contributed by atoms with Gasteiger partial charge in [0.05, 0.1) is 23.7 Å². The second-order valence-electron chi connectivity index (χ2n) is 9.55. The van der Waals surface area contributed by atoms with E-state index in [1.54, 1.807) is 0 Å². The van der Waals surface area contributed by atoms with Crippen LogP contribution in [-0.4, -0.2) is 59.2 Å².